The third-order valence-electron chi connectivity index (χ3n) is 6.23. The first-order valence-electron chi connectivity index (χ1n) is 11.6. The van der Waals surface area contributed by atoms with Gasteiger partial charge in [0, 0.05) is 25.5 Å². The molecule has 5 rings (SSSR count). The minimum Gasteiger partial charge on any atom is -0.338 e. The van der Waals surface area contributed by atoms with Gasteiger partial charge in [-0.25, -0.2) is 9.67 Å². The Bertz CT molecular complexity index is 1350. The van der Waals surface area contributed by atoms with Gasteiger partial charge in [-0.2, -0.15) is 10.2 Å². The Labute approximate surface area is 202 Å². The molecule has 35 heavy (non-hydrogen) atoms. The minimum absolute atomic E-state index is 0.155. The highest BCUT2D eigenvalue weighted by molar-refractivity contribution is 5.98. The molecular formula is C25H26N8O2. The van der Waals surface area contributed by atoms with Crippen LogP contribution < -0.4 is 5.32 Å². The van der Waals surface area contributed by atoms with E-state index in [0.29, 0.717) is 42.3 Å². The largest absolute Gasteiger partial charge is 0.338 e. The zero-order valence-corrected chi connectivity index (χ0v) is 19.6. The first-order chi connectivity index (χ1) is 17.0. The lowest BCUT2D eigenvalue weighted by molar-refractivity contribution is -0.121. The van der Waals surface area contributed by atoms with Crippen molar-refractivity contribution in [3.05, 3.63) is 78.0 Å². The van der Waals surface area contributed by atoms with Crippen molar-refractivity contribution in [2.24, 2.45) is 5.92 Å². The number of nitrogens with one attached hydrogen (secondary N) is 1. The number of benzene rings is 1. The quantitative estimate of drug-likeness (QED) is 0.480. The van der Waals surface area contributed by atoms with Gasteiger partial charge in [0.2, 0.25) is 11.9 Å². The van der Waals surface area contributed by atoms with E-state index < -0.39 is 0 Å². The molecule has 10 nitrogen and oxygen atoms in total. The second kappa shape index (κ2) is 9.49. The third kappa shape index (κ3) is 4.54. The maximum absolute atomic E-state index is 13.7. The van der Waals surface area contributed by atoms with Crippen LogP contribution in [0.4, 0.5) is 5.95 Å². The molecule has 4 aromatic rings. The average Bonchev–Trinajstić information content (AvgIpc) is 3.56. The van der Waals surface area contributed by atoms with Crippen LogP contribution in [0.3, 0.4) is 0 Å². The highest BCUT2D eigenvalue weighted by Crippen LogP contribution is 2.25. The zero-order chi connectivity index (χ0) is 24.4. The van der Waals surface area contributed by atoms with Crippen molar-refractivity contribution < 1.29 is 9.59 Å². The zero-order valence-electron chi connectivity index (χ0n) is 19.6. The fourth-order valence-corrected chi connectivity index (χ4v) is 4.24. The number of nitrogens with zero attached hydrogens (tertiary/aromatic N) is 7. The van der Waals surface area contributed by atoms with Crippen LogP contribution in [-0.2, 0) is 4.79 Å². The maximum atomic E-state index is 13.7. The van der Waals surface area contributed by atoms with Crippen LogP contribution in [-0.4, -0.2) is 59.3 Å². The predicted octanol–water partition coefficient (Wildman–Crippen LogP) is 2.96. The highest BCUT2D eigenvalue weighted by Gasteiger charge is 2.32. The van der Waals surface area contributed by atoms with Crippen LogP contribution in [0.5, 0.6) is 0 Å². The van der Waals surface area contributed by atoms with Gasteiger partial charge >= 0.3 is 0 Å². The van der Waals surface area contributed by atoms with Crippen molar-refractivity contribution in [2.75, 3.05) is 18.4 Å². The van der Waals surface area contributed by atoms with E-state index in [-0.39, 0.29) is 23.7 Å². The number of carbonyl (C=O) groups is 2. The van der Waals surface area contributed by atoms with Crippen LogP contribution in [0.25, 0.3) is 11.5 Å². The Morgan fingerprint density at radius 3 is 2.51 bits per heavy atom. The number of amides is 2. The Morgan fingerprint density at radius 2 is 1.77 bits per heavy atom. The smallest absolute Gasteiger partial charge is 0.259 e. The first-order valence-corrected chi connectivity index (χ1v) is 11.6. The van der Waals surface area contributed by atoms with Gasteiger partial charge < -0.3 is 9.47 Å². The number of hydrogen-bond donors (Lipinski definition) is 1. The molecule has 3 aromatic heterocycles. The second-order valence-electron chi connectivity index (χ2n) is 8.61. The van der Waals surface area contributed by atoms with E-state index in [9.17, 15) is 9.59 Å². The van der Waals surface area contributed by atoms with Crippen LogP contribution in [0.1, 0.15) is 34.6 Å². The molecular weight excluding hydrogens is 444 g/mol. The second-order valence-corrected chi connectivity index (χ2v) is 8.61. The molecule has 178 valence electrons. The number of hydrogen-bond acceptors (Lipinski definition) is 6. The Hall–Kier alpha value is -4.34. The molecule has 4 heterocycles. The Kier molecular flexibility index (Phi) is 6.09. The average molecular weight is 471 g/mol. The monoisotopic (exact) mass is 470 g/mol. The number of likely N-dealkylation sites (tertiary alicyclic amines) is 1. The summed E-state index contributed by atoms with van der Waals surface area (Å²) in [6, 6.07) is 13.5. The van der Waals surface area contributed by atoms with E-state index in [0.717, 1.165) is 12.1 Å². The molecule has 2 amide bonds. The standard InChI is InChI=1S/C25H26N8O2/c1-17-18(2)29-30-25(27-17)28-22(34)19-9-8-14-32(16-19)24(35)21-15-26-33(20-10-4-3-5-11-20)23(21)31-12-6-7-13-31/h3-7,10-13,15,19H,8-9,14,16H2,1-2H3,(H,27,28,30,34). The number of para-hydroxylation sites is 1. The van der Waals surface area contributed by atoms with Crippen molar-refractivity contribution in [3.63, 3.8) is 0 Å². The summed E-state index contributed by atoms with van der Waals surface area (Å²) in [5, 5.41) is 15.3. The van der Waals surface area contributed by atoms with Gasteiger partial charge in [0.25, 0.3) is 5.91 Å². The molecule has 1 atom stereocenters. The lowest BCUT2D eigenvalue weighted by Crippen LogP contribution is -2.44. The van der Waals surface area contributed by atoms with E-state index in [4.69, 9.17) is 0 Å². The highest BCUT2D eigenvalue weighted by atomic mass is 16.2. The van der Waals surface area contributed by atoms with Crippen LogP contribution in [0.2, 0.25) is 0 Å². The fraction of sp³-hybridized carbons (Fsp3) is 0.280. The molecule has 1 fully saturated rings. The molecule has 0 radical (unpaired) electrons. The molecule has 0 bridgehead atoms. The van der Waals surface area contributed by atoms with E-state index in [1.807, 2.05) is 73.3 Å². The molecule has 1 unspecified atom stereocenters. The Balaban J connectivity index is 1.38. The minimum atomic E-state index is -0.364. The number of rotatable bonds is 5. The van der Waals surface area contributed by atoms with Crippen LogP contribution in [0, 0.1) is 19.8 Å². The van der Waals surface area contributed by atoms with Gasteiger partial charge in [0.05, 0.1) is 29.2 Å². The summed E-state index contributed by atoms with van der Waals surface area (Å²) < 4.78 is 3.64. The molecule has 0 aliphatic carbocycles. The molecule has 10 heteroatoms. The summed E-state index contributed by atoms with van der Waals surface area (Å²) in [5.74, 6) is 0.112. The van der Waals surface area contributed by atoms with Gasteiger partial charge in [-0.3, -0.25) is 14.9 Å². The lowest BCUT2D eigenvalue weighted by Gasteiger charge is -2.32. The molecule has 0 spiro atoms. The van der Waals surface area contributed by atoms with Crippen molar-refractivity contribution in [2.45, 2.75) is 26.7 Å². The van der Waals surface area contributed by atoms with Crippen LogP contribution >= 0.6 is 0 Å². The maximum Gasteiger partial charge on any atom is 0.259 e. The summed E-state index contributed by atoms with van der Waals surface area (Å²) in [6.07, 6.45) is 6.78. The normalized spacial score (nSPS) is 15.7. The van der Waals surface area contributed by atoms with E-state index in [2.05, 4.69) is 25.6 Å². The summed E-state index contributed by atoms with van der Waals surface area (Å²) >= 11 is 0. The van der Waals surface area contributed by atoms with E-state index in [1.54, 1.807) is 15.8 Å². The van der Waals surface area contributed by atoms with Gasteiger partial charge in [0.15, 0.2) is 5.82 Å². The van der Waals surface area contributed by atoms with Crippen molar-refractivity contribution in [1.29, 1.82) is 0 Å². The molecule has 1 N–H and O–H groups in total. The van der Waals surface area contributed by atoms with Crippen molar-refractivity contribution in [1.82, 2.24) is 34.4 Å². The number of carbonyl (C=O) groups excluding carboxylic acids is 2. The SMILES string of the molecule is Cc1nnc(NC(=O)C2CCCN(C(=O)c3cnn(-c4ccccc4)c3-n3cccc3)C2)nc1C. The molecule has 1 aliphatic rings. The van der Waals surface area contributed by atoms with Gasteiger partial charge in [-0.1, -0.05) is 18.2 Å². The van der Waals surface area contributed by atoms with Gasteiger partial charge in [-0.05, 0) is 51.0 Å². The lowest BCUT2D eigenvalue weighted by atomic mass is 9.96. The van der Waals surface area contributed by atoms with E-state index in [1.165, 1.54) is 0 Å². The summed E-state index contributed by atoms with van der Waals surface area (Å²) in [6.45, 7) is 4.52. The van der Waals surface area contributed by atoms with Gasteiger partial charge in [-0.15, -0.1) is 5.10 Å². The summed E-state index contributed by atoms with van der Waals surface area (Å²) in [5.41, 5.74) is 2.76. The molecule has 1 aromatic carbocycles. The molecule has 1 saturated heterocycles. The van der Waals surface area contributed by atoms with E-state index >= 15 is 0 Å². The fourth-order valence-electron chi connectivity index (χ4n) is 4.24. The Morgan fingerprint density at radius 1 is 1.00 bits per heavy atom. The van der Waals surface area contributed by atoms with Crippen LogP contribution in [0.15, 0.2) is 61.1 Å². The predicted molar refractivity (Wildman–Crippen MR) is 129 cm³/mol. The number of piperidine rings is 1. The summed E-state index contributed by atoms with van der Waals surface area (Å²) in [7, 11) is 0. The van der Waals surface area contributed by atoms with Gasteiger partial charge in [0.1, 0.15) is 5.56 Å². The molecule has 0 saturated carbocycles. The summed E-state index contributed by atoms with van der Waals surface area (Å²) in [4.78, 5) is 32.6. The molecule has 1 aliphatic heterocycles. The first kappa shape index (κ1) is 22.5. The topological polar surface area (TPSA) is 111 Å². The van der Waals surface area contributed by atoms with Crippen molar-refractivity contribution >= 4 is 17.8 Å². The third-order valence-corrected chi connectivity index (χ3v) is 6.23. The van der Waals surface area contributed by atoms with Crippen molar-refractivity contribution in [3.8, 4) is 11.5 Å². The number of aromatic nitrogens is 6. The number of anilines is 1. The number of aryl methyl sites for hydroxylation is 2.